The summed E-state index contributed by atoms with van der Waals surface area (Å²) in [6.45, 7) is 4.50. The van der Waals surface area contributed by atoms with Crippen molar-refractivity contribution in [2.45, 2.75) is 38.5 Å². The highest BCUT2D eigenvalue weighted by molar-refractivity contribution is 5.98. The Morgan fingerprint density at radius 1 is 1.05 bits per heavy atom. The van der Waals surface area contributed by atoms with Crippen LogP contribution in [0.5, 0.6) is 5.75 Å². The van der Waals surface area contributed by atoms with E-state index in [0.29, 0.717) is 6.42 Å². The number of ether oxygens (including phenoxy) is 1. The first-order chi connectivity index (χ1) is 10.8. The van der Waals surface area contributed by atoms with E-state index in [2.05, 4.69) is 4.90 Å². The molecule has 0 N–H and O–H groups in total. The van der Waals surface area contributed by atoms with Crippen LogP contribution in [0.3, 0.4) is 0 Å². The predicted octanol–water partition coefficient (Wildman–Crippen LogP) is 3.47. The number of fused-ring (bicyclic) bond motifs is 1. The number of carbonyl (C=O) groups is 1. The maximum atomic E-state index is 11.5. The molecule has 0 bridgehead atoms. The fraction of sp³-hybridized carbons (Fsp3) is 0.526. The second-order valence-electron chi connectivity index (χ2n) is 6.29. The van der Waals surface area contributed by atoms with E-state index in [1.165, 1.54) is 45.3 Å². The molecule has 0 aromatic heterocycles. The van der Waals surface area contributed by atoms with Gasteiger partial charge in [0.15, 0.2) is 5.78 Å². The van der Waals surface area contributed by atoms with E-state index in [4.69, 9.17) is 4.74 Å². The number of ketones is 1. The summed E-state index contributed by atoms with van der Waals surface area (Å²) >= 11 is 0. The number of allylic oxidation sites excluding steroid dienone is 1. The molecule has 1 aromatic rings. The monoisotopic (exact) mass is 299 g/mol. The van der Waals surface area contributed by atoms with Crippen molar-refractivity contribution in [2.75, 3.05) is 26.2 Å². The molecule has 22 heavy (non-hydrogen) atoms. The van der Waals surface area contributed by atoms with Gasteiger partial charge in [-0.3, -0.25) is 4.79 Å². The lowest BCUT2D eigenvalue weighted by atomic mass is 9.96. The Kier molecular flexibility index (Phi) is 5.28. The first-order valence-corrected chi connectivity index (χ1v) is 8.50. The van der Waals surface area contributed by atoms with E-state index in [1.807, 2.05) is 24.3 Å². The predicted molar refractivity (Wildman–Crippen MR) is 89.2 cm³/mol. The quantitative estimate of drug-likeness (QED) is 0.753. The fourth-order valence-electron chi connectivity index (χ4n) is 3.23. The van der Waals surface area contributed by atoms with Crippen LogP contribution in [0.2, 0.25) is 0 Å². The van der Waals surface area contributed by atoms with Gasteiger partial charge in [-0.15, -0.1) is 0 Å². The standard InChI is InChI=1S/C19H25NO2/c21-18-8-6-16-7-9-19(15-17(16)14-18)22-13-5-4-12-20-10-2-1-3-11-20/h6-9,15H,1-5,10-14H2. The third-order valence-electron chi connectivity index (χ3n) is 4.51. The van der Waals surface area contributed by atoms with Gasteiger partial charge >= 0.3 is 0 Å². The molecule has 2 aliphatic rings. The van der Waals surface area contributed by atoms with Crippen LogP contribution in [-0.4, -0.2) is 36.9 Å². The maximum Gasteiger partial charge on any atom is 0.160 e. The van der Waals surface area contributed by atoms with Gasteiger partial charge in [-0.2, -0.15) is 0 Å². The van der Waals surface area contributed by atoms with Gasteiger partial charge in [0.2, 0.25) is 0 Å². The van der Waals surface area contributed by atoms with E-state index < -0.39 is 0 Å². The average molecular weight is 299 g/mol. The number of nitrogens with zero attached hydrogens (tertiary/aromatic N) is 1. The third-order valence-corrected chi connectivity index (χ3v) is 4.51. The Morgan fingerprint density at radius 2 is 1.91 bits per heavy atom. The summed E-state index contributed by atoms with van der Waals surface area (Å²) in [4.78, 5) is 14.0. The Morgan fingerprint density at radius 3 is 2.77 bits per heavy atom. The topological polar surface area (TPSA) is 29.5 Å². The largest absolute Gasteiger partial charge is 0.494 e. The number of benzene rings is 1. The zero-order valence-corrected chi connectivity index (χ0v) is 13.2. The van der Waals surface area contributed by atoms with Crippen LogP contribution in [0.1, 0.15) is 43.2 Å². The van der Waals surface area contributed by atoms with E-state index >= 15 is 0 Å². The number of likely N-dealkylation sites (tertiary alicyclic amines) is 1. The van der Waals surface area contributed by atoms with Gasteiger partial charge in [-0.1, -0.05) is 18.6 Å². The van der Waals surface area contributed by atoms with E-state index in [1.54, 1.807) is 6.08 Å². The van der Waals surface area contributed by atoms with Crippen LogP contribution in [-0.2, 0) is 11.2 Å². The first kappa shape index (κ1) is 15.3. The maximum absolute atomic E-state index is 11.5. The molecule has 3 rings (SSSR count). The van der Waals surface area contributed by atoms with E-state index in [0.717, 1.165) is 29.9 Å². The summed E-state index contributed by atoms with van der Waals surface area (Å²) in [6, 6.07) is 6.06. The molecule has 1 aromatic carbocycles. The lowest BCUT2D eigenvalue weighted by Gasteiger charge is -2.26. The minimum Gasteiger partial charge on any atom is -0.494 e. The van der Waals surface area contributed by atoms with Gasteiger partial charge in [0.1, 0.15) is 5.75 Å². The number of rotatable bonds is 6. The molecule has 1 aliphatic carbocycles. The van der Waals surface area contributed by atoms with Crippen LogP contribution in [0.15, 0.2) is 24.3 Å². The van der Waals surface area contributed by atoms with Gasteiger partial charge in [0.05, 0.1) is 6.61 Å². The van der Waals surface area contributed by atoms with Crippen molar-refractivity contribution in [1.82, 2.24) is 4.90 Å². The van der Waals surface area contributed by atoms with Crippen molar-refractivity contribution in [3.63, 3.8) is 0 Å². The minimum atomic E-state index is 0.172. The number of hydrogen-bond donors (Lipinski definition) is 0. The molecule has 1 saturated heterocycles. The first-order valence-electron chi connectivity index (χ1n) is 8.50. The molecular weight excluding hydrogens is 274 g/mol. The SMILES string of the molecule is O=C1C=Cc2ccc(OCCCCN3CCCCC3)cc2C1. The molecule has 0 amide bonds. The Hall–Kier alpha value is -1.61. The molecule has 118 valence electrons. The summed E-state index contributed by atoms with van der Waals surface area (Å²) in [7, 11) is 0. The van der Waals surface area contributed by atoms with Crippen LogP contribution < -0.4 is 4.74 Å². The second kappa shape index (κ2) is 7.59. The van der Waals surface area contributed by atoms with Crippen LogP contribution >= 0.6 is 0 Å². The molecule has 0 spiro atoms. The second-order valence-corrected chi connectivity index (χ2v) is 6.29. The summed E-state index contributed by atoms with van der Waals surface area (Å²) < 4.78 is 5.84. The Balaban J connectivity index is 1.39. The molecule has 3 nitrogen and oxygen atoms in total. The summed E-state index contributed by atoms with van der Waals surface area (Å²) in [5, 5.41) is 0. The van der Waals surface area contributed by atoms with Crippen LogP contribution in [0, 0.1) is 0 Å². The lowest BCUT2D eigenvalue weighted by Crippen LogP contribution is -2.30. The molecule has 3 heteroatoms. The Labute approximate surface area is 133 Å². The smallest absolute Gasteiger partial charge is 0.160 e. The fourth-order valence-corrected chi connectivity index (χ4v) is 3.23. The van der Waals surface area contributed by atoms with Gasteiger partial charge < -0.3 is 9.64 Å². The molecule has 0 radical (unpaired) electrons. The molecule has 0 unspecified atom stereocenters. The van der Waals surface area contributed by atoms with Gasteiger partial charge in [-0.25, -0.2) is 0 Å². The van der Waals surface area contributed by atoms with Gasteiger partial charge in [-0.05, 0) is 74.7 Å². The van der Waals surface area contributed by atoms with Crippen molar-refractivity contribution in [1.29, 1.82) is 0 Å². The molecule has 1 fully saturated rings. The third kappa shape index (κ3) is 4.20. The van der Waals surface area contributed by atoms with Crippen molar-refractivity contribution in [3.05, 3.63) is 35.4 Å². The zero-order valence-electron chi connectivity index (χ0n) is 13.2. The van der Waals surface area contributed by atoms with Crippen molar-refractivity contribution in [2.24, 2.45) is 0 Å². The zero-order chi connectivity index (χ0) is 15.2. The highest BCUT2D eigenvalue weighted by Crippen LogP contribution is 2.23. The minimum absolute atomic E-state index is 0.172. The summed E-state index contributed by atoms with van der Waals surface area (Å²) in [5.41, 5.74) is 2.22. The summed E-state index contributed by atoms with van der Waals surface area (Å²) in [5.74, 6) is 1.06. The van der Waals surface area contributed by atoms with Crippen LogP contribution in [0.25, 0.3) is 6.08 Å². The molecule has 0 atom stereocenters. The number of piperidine rings is 1. The van der Waals surface area contributed by atoms with Gasteiger partial charge in [0.25, 0.3) is 0 Å². The average Bonchev–Trinajstić information content (AvgIpc) is 2.55. The van der Waals surface area contributed by atoms with Crippen LogP contribution in [0.4, 0.5) is 0 Å². The van der Waals surface area contributed by atoms with Gasteiger partial charge in [0, 0.05) is 6.42 Å². The normalized spacial score (nSPS) is 18.3. The van der Waals surface area contributed by atoms with Crippen molar-refractivity contribution in [3.8, 4) is 5.75 Å². The number of unbranched alkanes of at least 4 members (excludes halogenated alkanes) is 1. The number of hydrogen-bond acceptors (Lipinski definition) is 3. The number of carbonyl (C=O) groups excluding carboxylic acids is 1. The van der Waals surface area contributed by atoms with E-state index in [-0.39, 0.29) is 5.78 Å². The van der Waals surface area contributed by atoms with Crippen molar-refractivity contribution < 1.29 is 9.53 Å². The molecular formula is C19H25NO2. The highest BCUT2D eigenvalue weighted by Gasteiger charge is 2.11. The molecule has 1 aliphatic heterocycles. The molecule has 1 heterocycles. The lowest BCUT2D eigenvalue weighted by molar-refractivity contribution is -0.114. The van der Waals surface area contributed by atoms with Crippen molar-refractivity contribution >= 4 is 11.9 Å². The molecule has 0 saturated carbocycles. The Bertz CT molecular complexity index is 544. The summed E-state index contributed by atoms with van der Waals surface area (Å²) in [6.07, 6.45) is 10.5. The highest BCUT2D eigenvalue weighted by atomic mass is 16.5. The van der Waals surface area contributed by atoms with E-state index in [9.17, 15) is 4.79 Å².